The van der Waals surface area contributed by atoms with Crippen LogP contribution in [0.1, 0.15) is 21.5 Å². The minimum atomic E-state index is -4.47. The largest absolute Gasteiger partial charge is 0.416 e. The van der Waals surface area contributed by atoms with E-state index < -0.39 is 17.6 Å². The van der Waals surface area contributed by atoms with E-state index in [4.69, 9.17) is 11.6 Å². The van der Waals surface area contributed by atoms with Crippen LogP contribution in [0, 0.1) is 0 Å². The lowest BCUT2D eigenvalue weighted by atomic mass is 10.1. The molecule has 0 aromatic heterocycles. The summed E-state index contributed by atoms with van der Waals surface area (Å²) in [6, 6.07) is 14.2. The molecule has 1 saturated heterocycles. The molecule has 2 N–H and O–H groups in total. The van der Waals surface area contributed by atoms with Crippen molar-refractivity contribution in [1.82, 2.24) is 4.90 Å². The molecule has 2 aliphatic rings. The van der Waals surface area contributed by atoms with Gasteiger partial charge in [-0.25, -0.2) is 4.79 Å². The summed E-state index contributed by atoms with van der Waals surface area (Å²) in [4.78, 5) is 31.8. The maximum Gasteiger partial charge on any atom is 0.416 e. The van der Waals surface area contributed by atoms with Crippen LogP contribution in [0.4, 0.5) is 40.7 Å². The van der Waals surface area contributed by atoms with E-state index in [-0.39, 0.29) is 24.0 Å². The zero-order valence-electron chi connectivity index (χ0n) is 21.6. The number of amides is 3. The Hall–Kier alpha value is -3.47. The topological polar surface area (TPSA) is 67.9 Å². The Labute approximate surface area is 241 Å². The quantitative estimate of drug-likeness (QED) is 0.368. The molecule has 0 aliphatic carbocycles. The zero-order chi connectivity index (χ0) is 27.7. The average Bonchev–Trinajstić information content (AvgIpc) is 3.32. The summed E-state index contributed by atoms with van der Waals surface area (Å²) in [5.41, 5.74) is 3.05. The van der Waals surface area contributed by atoms with Crippen molar-refractivity contribution in [3.63, 3.8) is 0 Å². The van der Waals surface area contributed by atoms with Gasteiger partial charge in [-0.1, -0.05) is 11.6 Å². The number of halogens is 5. The zero-order valence-corrected chi connectivity index (χ0v) is 23.2. The lowest BCUT2D eigenvalue weighted by molar-refractivity contribution is -0.137. The van der Waals surface area contributed by atoms with Crippen LogP contribution in [0.25, 0.3) is 0 Å². The smallest absolute Gasteiger partial charge is 0.368 e. The van der Waals surface area contributed by atoms with Gasteiger partial charge in [0, 0.05) is 49.7 Å². The van der Waals surface area contributed by atoms with Gasteiger partial charge in [-0.15, -0.1) is 12.4 Å². The van der Waals surface area contributed by atoms with Crippen molar-refractivity contribution < 1.29 is 22.8 Å². The minimum absolute atomic E-state index is 0. The average molecular weight is 594 g/mol. The van der Waals surface area contributed by atoms with Gasteiger partial charge >= 0.3 is 12.2 Å². The lowest BCUT2D eigenvalue weighted by Gasteiger charge is -2.35. The van der Waals surface area contributed by atoms with Crippen LogP contribution >= 0.6 is 24.0 Å². The summed E-state index contributed by atoms with van der Waals surface area (Å²) < 4.78 is 38.2. The Bertz CT molecular complexity index is 1380. The van der Waals surface area contributed by atoms with Crippen LogP contribution in [-0.2, 0) is 12.6 Å². The predicted octanol–water partition coefficient (Wildman–Crippen LogP) is 6.38. The normalized spacial score (nSPS) is 15.3. The van der Waals surface area contributed by atoms with E-state index in [2.05, 4.69) is 27.5 Å². The fraction of sp³-hybridized carbons (Fsp3) is 0.286. The van der Waals surface area contributed by atoms with Gasteiger partial charge in [-0.3, -0.25) is 9.69 Å². The molecule has 7 nitrogen and oxygen atoms in total. The fourth-order valence-corrected chi connectivity index (χ4v) is 5.04. The Morgan fingerprint density at radius 1 is 0.825 bits per heavy atom. The third-order valence-corrected chi connectivity index (χ3v) is 7.30. The van der Waals surface area contributed by atoms with Crippen LogP contribution in [0.2, 0.25) is 5.02 Å². The van der Waals surface area contributed by atoms with E-state index >= 15 is 0 Å². The number of urea groups is 1. The Morgan fingerprint density at radius 3 is 2.02 bits per heavy atom. The van der Waals surface area contributed by atoms with Crippen molar-refractivity contribution in [3.05, 3.63) is 82.4 Å². The molecule has 212 valence electrons. The third kappa shape index (κ3) is 6.46. The van der Waals surface area contributed by atoms with Gasteiger partial charge in [0.15, 0.2) is 0 Å². The first-order valence-electron chi connectivity index (χ1n) is 12.5. The Morgan fingerprint density at radius 2 is 1.43 bits per heavy atom. The molecule has 5 rings (SSSR count). The molecule has 2 aliphatic heterocycles. The SMILES string of the molecule is CN1CCN(c2cc3c(cc2Cl)CCN3C(=O)Nc2ccc(NC(=O)c3ccc(C(F)(F)F)cc3)cc2)CC1.Cl. The van der Waals surface area contributed by atoms with Gasteiger partial charge in [-0.2, -0.15) is 13.2 Å². The van der Waals surface area contributed by atoms with Crippen molar-refractivity contribution in [3.8, 4) is 0 Å². The number of anilines is 4. The molecule has 1 fully saturated rings. The number of benzene rings is 3. The number of fused-ring (bicyclic) bond motifs is 1. The highest BCUT2D eigenvalue weighted by Gasteiger charge is 2.30. The highest BCUT2D eigenvalue weighted by molar-refractivity contribution is 6.33. The summed E-state index contributed by atoms with van der Waals surface area (Å²) >= 11 is 6.60. The number of likely N-dealkylation sites (N-methyl/N-ethyl adjacent to an activating group) is 1. The number of alkyl halides is 3. The van der Waals surface area contributed by atoms with Crippen LogP contribution in [0.3, 0.4) is 0 Å². The van der Waals surface area contributed by atoms with Gasteiger partial charge in [-0.05, 0) is 79.7 Å². The number of hydrogen-bond donors (Lipinski definition) is 2. The maximum atomic E-state index is 13.2. The number of rotatable bonds is 4. The Balaban J connectivity index is 0.00000370. The first-order chi connectivity index (χ1) is 18.6. The fourth-order valence-electron chi connectivity index (χ4n) is 4.74. The standard InChI is InChI=1S/C28H27ClF3N5O2.ClH/c1-35-12-14-36(15-13-35)25-17-24-19(16-23(25)29)10-11-37(24)27(39)34-22-8-6-21(7-9-22)33-26(38)18-2-4-20(5-3-18)28(30,31)32;/h2-9,16-17H,10-15H2,1H3,(H,33,38)(H,34,39);1H. The van der Waals surface area contributed by atoms with E-state index in [1.807, 2.05) is 12.1 Å². The molecular weight excluding hydrogens is 566 g/mol. The molecule has 0 atom stereocenters. The number of hydrogen-bond acceptors (Lipinski definition) is 4. The molecule has 3 aromatic carbocycles. The van der Waals surface area contributed by atoms with Gasteiger partial charge in [0.2, 0.25) is 0 Å². The molecule has 0 bridgehead atoms. The van der Waals surface area contributed by atoms with Crippen LogP contribution in [-0.4, -0.2) is 56.6 Å². The van der Waals surface area contributed by atoms with Crippen LogP contribution in [0.15, 0.2) is 60.7 Å². The number of nitrogens with zero attached hydrogens (tertiary/aromatic N) is 3. The van der Waals surface area contributed by atoms with E-state index in [0.29, 0.717) is 29.4 Å². The monoisotopic (exact) mass is 593 g/mol. The number of carbonyl (C=O) groups excluding carboxylic acids is 2. The highest BCUT2D eigenvalue weighted by atomic mass is 35.5. The molecular formula is C28H28Cl2F3N5O2. The number of nitrogens with one attached hydrogen (secondary N) is 2. The first-order valence-corrected chi connectivity index (χ1v) is 12.9. The van der Waals surface area contributed by atoms with Crippen molar-refractivity contribution in [2.75, 3.05) is 60.2 Å². The summed E-state index contributed by atoms with van der Waals surface area (Å²) in [5.74, 6) is -0.538. The molecule has 0 saturated carbocycles. The molecule has 0 unspecified atom stereocenters. The predicted molar refractivity (Wildman–Crippen MR) is 154 cm³/mol. The molecule has 0 radical (unpaired) electrons. The van der Waals surface area contributed by atoms with Crippen molar-refractivity contribution in [2.24, 2.45) is 0 Å². The second-order valence-electron chi connectivity index (χ2n) is 9.66. The number of piperazine rings is 1. The molecule has 0 spiro atoms. The molecule has 3 aromatic rings. The Kier molecular flexibility index (Phi) is 8.82. The summed E-state index contributed by atoms with van der Waals surface area (Å²) in [7, 11) is 2.09. The van der Waals surface area contributed by atoms with E-state index in [1.165, 1.54) is 0 Å². The van der Waals surface area contributed by atoms with Crippen molar-refractivity contribution in [1.29, 1.82) is 0 Å². The van der Waals surface area contributed by atoms with E-state index in [9.17, 15) is 22.8 Å². The lowest BCUT2D eigenvalue weighted by Crippen LogP contribution is -2.44. The molecule has 12 heteroatoms. The molecule has 2 heterocycles. The summed E-state index contributed by atoms with van der Waals surface area (Å²) in [6.45, 7) is 4.15. The van der Waals surface area contributed by atoms with E-state index in [0.717, 1.165) is 67.4 Å². The van der Waals surface area contributed by atoms with Crippen molar-refractivity contribution in [2.45, 2.75) is 12.6 Å². The first kappa shape index (κ1) is 29.5. The highest BCUT2D eigenvalue weighted by Crippen LogP contribution is 2.38. The maximum absolute atomic E-state index is 13.2. The number of carbonyl (C=O) groups is 2. The van der Waals surface area contributed by atoms with Gasteiger partial charge in [0.1, 0.15) is 0 Å². The van der Waals surface area contributed by atoms with Crippen LogP contribution < -0.4 is 20.4 Å². The van der Waals surface area contributed by atoms with E-state index in [1.54, 1.807) is 29.2 Å². The summed E-state index contributed by atoms with van der Waals surface area (Å²) in [6.07, 6.45) is -3.76. The second kappa shape index (κ2) is 12.0. The third-order valence-electron chi connectivity index (χ3n) is 7.00. The second-order valence-corrected chi connectivity index (χ2v) is 10.1. The summed E-state index contributed by atoms with van der Waals surface area (Å²) in [5, 5.41) is 6.23. The van der Waals surface area contributed by atoms with Gasteiger partial charge in [0.05, 0.1) is 22.0 Å². The minimum Gasteiger partial charge on any atom is -0.368 e. The molecule has 40 heavy (non-hydrogen) atoms. The van der Waals surface area contributed by atoms with Gasteiger partial charge in [0.25, 0.3) is 5.91 Å². The van der Waals surface area contributed by atoms with Gasteiger partial charge < -0.3 is 20.4 Å². The van der Waals surface area contributed by atoms with Crippen LogP contribution in [0.5, 0.6) is 0 Å². The molecule has 3 amide bonds. The van der Waals surface area contributed by atoms with Crippen molar-refractivity contribution >= 4 is 58.7 Å².